The molecule has 0 fully saturated rings. The number of nitrogens with one attached hydrogen (secondary N) is 2. The van der Waals surface area contributed by atoms with Gasteiger partial charge in [-0.3, -0.25) is 9.79 Å². The van der Waals surface area contributed by atoms with Crippen molar-refractivity contribution in [1.29, 1.82) is 0 Å². The van der Waals surface area contributed by atoms with Crippen molar-refractivity contribution >= 4 is 17.4 Å². The number of benzene rings is 2. The van der Waals surface area contributed by atoms with Gasteiger partial charge in [0.2, 0.25) is 0 Å². The third-order valence-corrected chi connectivity index (χ3v) is 3.47. The predicted molar refractivity (Wildman–Crippen MR) is 84.8 cm³/mol. The standard InChI is InChI=1S/C17H15F2N3O/c18-14-6-5-12(10-15(14)19)17(23)22-13-4-1-3-11(9-13)16-20-7-2-8-21-16/h1,3-6,9-10H,2,7-8H2,(H,20,21)(H,22,23). The summed E-state index contributed by atoms with van der Waals surface area (Å²) in [6.45, 7) is 1.64. The van der Waals surface area contributed by atoms with Crippen LogP contribution in [0.3, 0.4) is 0 Å². The first-order chi connectivity index (χ1) is 11.1. The van der Waals surface area contributed by atoms with Gasteiger partial charge >= 0.3 is 0 Å². The van der Waals surface area contributed by atoms with E-state index in [0.29, 0.717) is 5.69 Å². The van der Waals surface area contributed by atoms with E-state index in [-0.39, 0.29) is 5.56 Å². The van der Waals surface area contributed by atoms with Crippen LogP contribution in [0.25, 0.3) is 0 Å². The molecule has 0 aromatic heterocycles. The minimum Gasteiger partial charge on any atom is -0.370 e. The molecule has 2 aromatic rings. The van der Waals surface area contributed by atoms with Crippen LogP contribution < -0.4 is 10.6 Å². The van der Waals surface area contributed by atoms with Gasteiger partial charge in [-0.25, -0.2) is 8.78 Å². The summed E-state index contributed by atoms with van der Waals surface area (Å²) in [5.41, 5.74) is 1.49. The third-order valence-electron chi connectivity index (χ3n) is 3.47. The number of aliphatic imine (C=N–C) groups is 1. The molecular formula is C17H15F2N3O. The molecular weight excluding hydrogens is 300 g/mol. The molecule has 3 rings (SSSR count). The molecule has 0 aliphatic carbocycles. The van der Waals surface area contributed by atoms with Crippen LogP contribution in [-0.2, 0) is 0 Å². The largest absolute Gasteiger partial charge is 0.370 e. The van der Waals surface area contributed by atoms with Crippen LogP contribution in [-0.4, -0.2) is 24.8 Å². The second-order valence-corrected chi connectivity index (χ2v) is 5.17. The molecule has 0 saturated carbocycles. The van der Waals surface area contributed by atoms with Crippen molar-refractivity contribution in [3.05, 3.63) is 65.2 Å². The molecule has 1 heterocycles. The van der Waals surface area contributed by atoms with Gasteiger partial charge in [-0.05, 0) is 36.8 Å². The average Bonchev–Trinajstić information content (AvgIpc) is 2.58. The molecule has 6 heteroatoms. The fraction of sp³-hybridized carbons (Fsp3) is 0.176. The van der Waals surface area contributed by atoms with Crippen LogP contribution in [0.4, 0.5) is 14.5 Å². The zero-order valence-corrected chi connectivity index (χ0v) is 12.3. The highest BCUT2D eigenvalue weighted by molar-refractivity contribution is 6.05. The molecule has 0 atom stereocenters. The summed E-state index contributed by atoms with van der Waals surface area (Å²) >= 11 is 0. The van der Waals surface area contributed by atoms with Crippen molar-refractivity contribution in [1.82, 2.24) is 5.32 Å². The summed E-state index contributed by atoms with van der Waals surface area (Å²) in [4.78, 5) is 16.5. The van der Waals surface area contributed by atoms with Crippen LogP contribution in [0.1, 0.15) is 22.3 Å². The molecule has 2 N–H and O–H groups in total. The monoisotopic (exact) mass is 315 g/mol. The first-order valence-electron chi connectivity index (χ1n) is 7.28. The lowest BCUT2D eigenvalue weighted by Crippen LogP contribution is -2.30. The molecule has 2 aromatic carbocycles. The van der Waals surface area contributed by atoms with Gasteiger partial charge < -0.3 is 10.6 Å². The van der Waals surface area contributed by atoms with Gasteiger partial charge in [0.25, 0.3) is 5.91 Å². The van der Waals surface area contributed by atoms with E-state index in [2.05, 4.69) is 15.6 Å². The van der Waals surface area contributed by atoms with E-state index in [9.17, 15) is 13.6 Å². The summed E-state index contributed by atoms with van der Waals surface area (Å²) in [7, 11) is 0. The molecule has 0 unspecified atom stereocenters. The second-order valence-electron chi connectivity index (χ2n) is 5.17. The molecule has 1 aliphatic heterocycles. The maximum atomic E-state index is 13.2. The lowest BCUT2D eigenvalue weighted by molar-refractivity contribution is 0.102. The van der Waals surface area contributed by atoms with E-state index in [1.807, 2.05) is 6.07 Å². The van der Waals surface area contributed by atoms with E-state index >= 15 is 0 Å². The summed E-state index contributed by atoms with van der Waals surface area (Å²) in [6.07, 6.45) is 0.996. The van der Waals surface area contributed by atoms with Gasteiger partial charge in [-0.1, -0.05) is 12.1 Å². The van der Waals surface area contributed by atoms with Gasteiger partial charge in [0.1, 0.15) is 5.84 Å². The number of carbonyl (C=O) groups is 1. The first-order valence-corrected chi connectivity index (χ1v) is 7.28. The molecule has 23 heavy (non-hydrogen) atoms. The Kier molecular flexibility index (Phi) is 4.32. The summed E-state index contributed by atoms with van der Waals surface area (Å²) in [6, 6.07) is 10.3. The quantitative estimate of drug-likeness (QED) is 0.915. The Bertz CT molecular complexity index is 774. The highest BCUT2D eigenvalue weighted by Crippen LogP contribution is 2.15. The Hall–Kier alpha value is -2.76. The number of anilines is 1. The lowest BCUT2D eigenvalue weighted by Gasteiger charge is -2.15. The van der Waals surface area contributed by atoms with Crippen molar-refractivity contribution in [3.8, 4) is 0 Å². The molecule has 0 bridgehead atoms. The number of halogens is 2. The molecule has 4 nitrogen and oxygen atoms in total. The number of rotatable bonds is 3. The minimum absolute atomic E-state index is 0.0578. The predicted octanol–water partition coefficient (Wildman–Crippen LogP) is 2.96. The van der Waals surface area contributed by atoms with Gasteiger partial charge in [-0.2, -0.15) is 0 Å². The molecule has 0 spiro atoms. The fourth-order valence-corrected chi connectivity index (χ4v) is 2.31. The van der Waals surface area contributed by atoms with E-state index < -0.39 is 17.5 Å². The minimum atomic E-state index is -1.05. The Morgan fingerprint density at radius 2 is 2.00 bits per heavy atom. The second kappa shape index (κ2) is 6.56. The lowest BCUT2D eigenvalue weighted by atomic mass is 10.1. The third kappa shape index (κ3) is 3.53. The van der Waals surface area contributed by atoms with Gasteiger partial charge in [0, 0.05) is 29.9 Å². The Morgan fingerprint density at radius 3 is 2.74 bits per heavy atom. The molecule has 118 valence electrons. The summed E-state index contributed by atoms with van der Waals surface area (Å²) < 4.78 is 26.1. The van der Waals surface area contributed by atoms with E-state index in [0.717, 1.165) is 43.0 Å². The van der Waals surface area contributed by atoms with Gasteiger partial charge in [0.15, 0.2) is 11.6 Å². The summed E-state index contributed by atoms with van der Waals surface area (Å²) in [5.74, 6) is -1.74. The van der Waals surface area contributed by atoms with Crippen molar-refractivity contribution in [2.45, 2.75) is 6.42 Å². The van der Waals surface area contributed by atoms with Crippen LogP contribution in [0.2, 0.25) is 0 Å². The van der Waals surface area contributed by atoms with Crippen LogP contribution in [0.15, 0.2) is 47.5 Å². The molecule has 1 amide bonds. The zero-order chi connectivity index (χ0) is 16.2. The van der Waals surface area contributed by atoms with Crippen molar-refractivity contribution in [2.75, 3.05) is 18.4 Å². The van der Waals surface area contributed by atoms with E-state index in [1.165, 1.54) is 6.07 Å². The number of hydrogen-bond donors (Lipinski definition) is 2. The first kappa shape index (κ1) is 15.1. The van der Waals surface area contributed by atoms with Crippen molar-refractivity contribution < 1.29 is 13.6 Å². The highest BCUT2D eigenvalue weighted by atomic mass is 19.2. The maximum Gasteiger partial charge on any atom is 0.255 e. The van der Waals surface area contributed by atoms with E-state index in [1.54, 1.807) is 18.2 Å². The van der Waals surface area contributed by atoms with E-state index in [4.69, 9.17) is 0 Å². The Balaban J connectivity index is 1.78. The molecule has 0 radical (unpaired) electrons. The maximum absolute atomic E-state index is 13.2. The van der Waals surface area contributed by atoms with Crippen molar-refractivity contribution in [3.63, 3.8) is 0 Å². The van der Waals surface area contributed by atoms with Gasteiger partial charge in [0.05, 0.1) is 0 Å². The SMILES string of the molecule is O=C(Nc1cccc(C2=NCCCN2)c1)c1ccc(F)c(F)c1. The number of amides is 1. The highest BCUT2D eigenvalue weighted by Gasteiger charge is 2.12. The fourth-order valence-electron chi connectivity index (χ4n) is 2.31. The number of carbonyl (C=O) groups excluding carboxylic acids is 1. The smallest absolute Gasteiger partial charge is 0.255 e. The van der Waals surface area contributed by atoms with Crippen LogP contribution in [0.5, 0.6) is 0 Å². The topological polar surface area (TPSA) is 53.5 Å². The van der Waals surface area contributed by atoms with Gasteiger partial charge in [-0.15, -0.1) is 0 Å². The Labute approximate surface area is 132 Å². The molecule has 0 saturated heterocycles. The molecule has 1 aliphatic rings. The zero-order valence-electron chi connectivity index (χ0n) is 12.3. The number of nitrogens with zero attached hydrogens (tertiary/aromatic N) is 1. The number of hydrogen-bond acceptors (Lipinski definition) is 3. The average molecular weight is 315 g/mol. The Morgan fingerprint density at radius 1 is 1.13 bits per heavy atom. The number of amidine groups is 1. The van der Waals surface area contributed by atoms with Crippen LogP contribution in [0, 0.1) is 11.6 Å². The summed E-state index contributed by atoms with van der Waals surface area (Å²) in [5, 5.41) is 5.88. The van der Waals surface area contributed by atoms with Crippen molar-refractivity contribution in [2.24, 2.45) is 4.99 Å². The normalized spacial score (nSPS) is 13.9. The van der Waals surface area contributed by atoms with Crippen LogP contribution >= 0.6 is 0 Å².